The van der Waals surface area contributed by atoms with Crippen molar-refractivity contribution >= 4 is 33.4 Å². The first-order valence-electron chi connectivity index (χ1n) is 21.6. The van der Waals surface area contributed by atoms with Gasteiger partial charge in [-0.3, -0.25) is 0 Å². The highest BCUT2D eigenvalue weighted by molar-refractivity contribution is 6.13. The van der Waals surface area contributed by atoms with Crippen LogP contribution in [0.15, 0.2) is 249 Å². The van der Waals surface area contributed by atoms with E-state index in [1.807, 2.05) is 0 Å². The summed E-state index contributed by atoms with van der Waals surface area (Å²) in [6.45, 7) is 0. The second-order valence-corrected chi connectivity index (χ2v) is 16.3. The molecule has 0 unspecified atom stereocenters. The fourth-order valence-electron chi connectivity index (χ4n) is 10.2. The van der Waals surface area contributed by atoms with Crippen LogP contribution in [0.25, 0.3) is 61.1 Å². The highest BCUT2D eigenvalue weighted by Crippen LogP contribution is 2.57. The Hall–Kier alpha value is -8.27. The normalized spacial score (nSPS) is 12.6. The monoisotopic (exact) mass is 803 g/mol. The quantitative estimate of drug-likeness (QED) is 0.153. The fourth-order valence-corrected chi connectivity index (χ4v) is 10.2. The molecule has 296 valence electrons. The number of fused-ring (bicyclic) bond motifs is 6. The van der Waals surface area contributed by atoms with Crippen molar-refractivity contribution in [3.8, 4) is 44.8 Å². The highest BCUT2D eigenvalue weighted by Gasteiger charge is 2.46. The molecule has 0 saturated heterocycles. The molecule has 0 bridgehead atoms. The summed E-state index contributed by atoms with van der Waals surface area (Å²) in [5, 5.41) is 7.77. The summed E-state index contributed by atoms with van der Waals surface area (Å²) in [7, 11) is 0. The summed E-state index contributed by atoms with van der Waals surface area (Å²) in [5.41, 5.74) is 17.7. The SMILES string of the molecule is c1ccc(-c2nn3c(-c4ccccc4)cc4c(N(c5ccccc5)c5ccc6c(c5)C(c5ccccc5)(c5ccccc5)c5ccccc5-6)cccc4c3c2-c2ccccc2)cc1. The van der Waals surface area contributed by atoms with E-state index in [0.717, 1.165) is 67.0 Å². The minimum atomic E-state index is -0.533. The van der Waals surface area contributed by atoms with Crippen LogP contribution in [0, 0.1) is 0 Å². The minimum absolute atomic E-state index is 0.533. The summed E-state index contributed by atoms with van der Waals surface area (Å²) in [4.78, 5) is 2.45. The van der Waals surface area contributed by atoms with Gasteiger partial charge in [-0.25, -0.2) is 4.52 Å². The summed E-state index contributed by atoms with van der Waals surface area (Å²) in [5.74, 6) is 0. The number of rotatable bonds is 8. The van der Waals surface area contributed by atoms with E-state index in [2.05, 4.69) is 258 Å². The largest absolute Gasteiger partial charge is 0.310 e. The lowest BCUT2D eigenvalue weighted by molar-refractivity contribution is 0.768. The van der Waals surface area contributed by atoms with Crippen molar-refractivity contribution in [3.63, 3.8) is 0 Å². The second-order valence-electron chi connectivity index (χ2n) is 16.3. The summed E-state index contributed by atoms with van der Waals surface area (Å²) >= 11 is 0. The molecule has 2 aromatic heterocycles. The van der Waals surface area contributed by atoms with Crippen LogP contribution in [0.1, 0.15) is 22.3 Å². The molecule has 2 heterocycles. The lowest BCUT2D eigenvalue weighted by Gasteiger charge is -2.35. The van der Waals surface area contributed by atoms with Gasteiger partial charge in [0.05, 0.1) is 22.3 Å². The van der Waals surface area contributed by atoms with E-state index in [-0.39, 0.29) is 0 Å². The lowest BCUT2D eigenvalue weighted by atomic mass is 9.67. The zero-order valence-electron chi connectivity index (χ0n) is 34.5. The van der Waals surface area contributed by atoms with Crippen LogP contribution < -0.4 is 4.90 Å². The molecule has 0 N–H and O–H groups in total. The Bertz CT molecular complexity index is 3380. The summed E-state index contributed by atoms with van der Waals surface area (Å²) in [6.07, 6.45) is 0. The zero-order chi connectivity index (χ0) is 41.7. The number of hydrogen-bond donors (Lipinski definition) is 0. The molecule has 0 radical (unpaired) electrons. The van der Waals surface area contributed by atoms with E-state index in [4.69, 9.17) is 5.10 Å². The number of anilines is 3. The molecule has 1 aliphatic rings. The molecule has 3 nitrogen and oxygen atoms in total. The minimum Gasteiger partial charge on any atom is -0.310 e. The van der Waals surface area contributed by atoms with Crippen LogP contribution in [0.5, 0.6) is 0 Å². The molecular formula is C60H41N3. The molecule has 11 aromatic rings. The van der Waals surface area contributed by atoms with E-state index in [1.54, 1.807) is 0 Å². The number of para-hydroxylation sites is 1. The predicted octanol–water partition coefficient (Wildman–Crippen LogP) is 15.3. The number of aromatic nitrogens is 2. The average molecular weight is 804 g/mol. The second kappa shape index (κ2) is 15.0. The van der Waals surface area contributed by atoms with Gasteiger partial charge in [0.2, 0.25) is 0 Å². The summed E-state index contributed by atoms with van der Waals surface area (Å²) < 4.78 is 2.18. The Morgan fingerprint density at radius 3 is 1.57 bits per heavy atom. The van der Waals surface area contributed by atoms with Crippen molar-refractivity contribution in [1.82, 2.24) is 9.61 Å². The average Bonchev–Trinajstić information content (AvgIpc) is 3.91. The van der Waals surface area contributed by atoms with Gasteiger partial charge in [-0.1, -0.05) is 212 Å². The summed E-state index contributed by atoms with van der Waals surface area (Å²) in [6, 6.07) is 90.1. The van der Waals surface area contributed by atoms with Crippen LogP contribution in [0.4, 0.5) is 17.1 Å². The molecule has 0 saturated carbocycles. The van der Waals surface area contributed by atoms with Crippen LogP contribution in [-0.2, 0) is 5.41 Å². The topological polar surface area (TPSA) is 20.5 Å². The molecular weight excluding hydrogens is 763 g/mol. The van der Waals surface area contributed by atoms with Crippen molar-refractivity contribution < 1.29 is 0 Å². The van der Waals surface area contributed by atoms with Gasteiger partial charge in [-0.15, -0.1) is 0 Å². The molecule has 12 rings (SSSR count). The van der Waals surface area contributed by atoms with Crippen molar-refractivity contribution in [2.24, 2.45) is 0 Å². The van der Waals surface area contributed by atoms with Crippen LogP contribution in [0.2, 0.25) is 0 Å². The lowest BCUT2D eigenvalue weighted by Crippen LogP contribution is -2.28. The molecule has 63 heavy (non-hydrogen) atoms. The number of hydrogen-bond acceptors (Lipinski definition) is 2. The van der Waals surface area contributed by atoms with Crippen molar-refractivity contribution in [3.05, 3.63) is 271 Å². The van der Waals surface area contributed by atoms with E-state index < -0.39 is 5.41 Å². The van der Waals surface area contributed by atoms with Gasteiger partial charge in [0.25, 0.3) is 0 Å². The molecule has 0 amide bonds. The first-order valence-corrected chi connectivity index (χ1v) is 21.6. The fraction of sp³-hybridized carbons (Fsp3) is 0.0167. The van der Waals surface area contributed by atoms with Gasteiger partial charge < -0.3 is 4.90 Å². The third-order valence-corrected chi connectivity index (χ3v) is 12.9. The van der Waals surface area contributed by atoms with Gasteiger partial charge in [0.15, 0.2) is 0 Å². The maximum atomic E-state index is 5.51. The van der Waals surface area contributed by atoms with Gasteiger partial charge in [0.1, 0.15) is 5.69 Å². The first-order chi connectivity index (χ1) is 31.3. The van der Waals surface area contributed by atoms with E-state index in [1.165, 1.54) is 33.4 Å². The third-order valence-electron chi connectivity index (χ3n) is 12.9. The number of nitrogens with zero attached hydrogens (tertiary/aromatic N) is 3. The Balaban J connectivity index is 1.18. The predicted molar refractivity (Wildman–Crippen MR) is 261 cm³/mol. The van der Waals surface area contributed by atoms with Crippen LogP contribution >= 0.6 is 0 Å². The van der Waals surface area contributed by atoms with E-state index in [9.17, 15) is 0 Å². The smallest absolute Gasteiger partial charge is 0.101 e. The number of pyridine rings is 1. The van der Waals surface area contributed by atoms with Gasteiger partial charge in [-0.05, 0) is 75.3 Å². The Morgan fingerprint density at radius 1 is 0.381 bits per heavy atom. The highest BCUT2D eigenvalue weighted by atomic mass is 15.2. The van der Waals surface area contributed by atoms with Gasteiger partial charge in [-0.2, -0.15) is 5.10 Å². The molecule has 0 aliphatic heterocycles. The Labute approximate surface area is 367 Å². The zero-order valence-corrected chi connectivity index (χ0v) is 34.5. The molecule has 0 fully saturated rings. The van der Waals surface area contributed by atoms with Crippen molar-refractivity contribution in [1.29, 1.82) is 0 Å². The molecule has 9 aromatic carbocycles. The molecule has 0 spiro atoms. The van der Waals surface area contributed by atoms with Crippen molar-refractivity contribution in [2.45, 2.75) is 5.41 Å². The van der Waals surface area contributed by atoms with Gasteiger partial charge >= 0.3 is 0 Å². The van der Waals surface area contributed by atoms with E-state index >= 15 is 0 Å². The maximum absolute atomic E-state index is 5.51. The Morgan fingerprint density at radius 2 is 0.921 bits per heavy atom. The molecule has 3 heteroatoms. The van der Waals surface area contributed by atoms with Crippen LogP contribution in [-0.4, -0.2) is 9.61 Å². The molecule has 0 atom stereocenters. The van der Waals surface area contributed by atoms with E-state index in [0.29, 0.717) is 0 Å². The Kier molecular flexibility index (Phi) is 8.72. The van der Waals surface area contributed by atoms with Crippen molar-refractivity contribution in [2.75, 3.05) is 4.90 Å². The third kappa shape index (κ3) is 5.78. The maximum Gasteiger partial charge on any atom is 0.101 e. The first kappa shape index (κ1) is 36.6. The standard InChI is InChI=1S/C60H41N3/c1-7-22-42(23-8-1)56-41-52-51(59-57(43-24-9-2-10-25-43)58(61-63(56)59)44-26-11-3-12-27-44)35-21-37-55(52)62(47-32-17-6-18-33-47)48-38-39-50-49-34-19-20-36-53(49)60(54(50)40-48,45-28-13-4-14-29-45)46-30-15-5-16-31-46/h1-41H. The van der Waals surface area contributed by atoms with Crippen LogP contribution in [0.3, 0.4) is 0 Å². The number of benzene rings is 9. The molecule has 1 aliphatic carbocycles. The van der Waals surface area contributed by atoms with Gasteiger partial charge in [0, 0.05) is 38.8 Å².